The first-order chi connectivity index (χ1) is 10.7. The minimum absolute atomic E-state index is 0.0237. The molecule has 0 aliphatic heterocycles. The number of methoxy groups -OCH3 is 1. The van der Waals surface area contributed by atoms with Crippen molar-refractivity contribution in [2.24, 2.45) is 5.92 Å². The molecule has 0 aliphatic carbocycles. The van der Waals surface area contributed by atoms with Gasteiger partial charge in [0.2, 0.25) is 0 Å². The number of carbonyl (C=O) groups is 2. The Balaban J connectivity index is 3.84. The van der Waals surface area contributed by atoms with Crippen LogP contribution in [-0.2, 0) is 17.6 Å². The van der Waals surface area contributed by atoms with Crippen molar-refractivity contribution >= 4 is 22.8 Å². The Labute approximate surface area is 139 Å². The predicted molar refractivity (Wildman–Crippen MR) is 83.3 cm³/mol. The Bertz CT molecular complexity index is 603. The highest BCUT2D eigenvalue weighted by atomic mass is 35.5. The van der Waals surface area contributed by atoms with Crippen LogP contribution < -0.4 is 0 Å². The van der Waals surface area contributed by atoms with Crippen molar-refractivity contribution in [3.05, 3.63) is 28.1 Å². The van der Waals surface area contributed by atoms with E-state index in [1.807, 2.05) is 20.8 Å². The van der Waals surface area contributed by atoms with Crippen LogP contribution in [0.25, 0.3) is 0 Å². The van der Waals surface area contributed by atoms with Crippen molar-refractivity contribution in [3.63, 3.8) is 0 Å². The molecule has 0 saturated carbocycles. The van der Waals surface area contributed by atoms with Crippen LogP contribution in [0, 0.1) is 5.92 Å². The number of ether oxygens (including phenoxy) is 1. The molecule has 4 nitrogen and oxygen atoms in total. The number of aromatic nitrogens is 1. The second-order valence-electron chi connectivity index (χ2n) is 5.59. The van der Waals surface area contributed by atoms with E-state index in [1.54, 1.807) is 0 Å². The van der Waals surface area contributed by atoms with Gasteiger partial charge in [0.15, 0.2) is 0 Å². The SMILES string of the molecule is CCCc1nc(C(F)F)c(C(=O)OC)c(CC(C)C)c1C(=O)Cl. The van der Waals surface area contributed by atoms with Gasteiger partial charge in [-0.15, -0.1) is 0 Å². The summed E-state index contributed by atoms with van der Waals surface area (Å²) in [5.74, 6) is -0.916. The summed E-state index contributed by atoms with van der Waals surface area (Å²) in [5.41, 5.74) is -0.559. The van der Waals surface area contributed by atoms with Crippen LogP contribution in [0.1, 0.15) is 71.3 Å². The molecule has 23 heavy (non-hydrogen) atoms. The zero-order chi connectivity index (χ0) is 17.7. The zero-order valence-electron chi connectivity index (χ0n) is 13.6. The van der Waals surface area contributed by atoms with Gasteiger partial charge in [0.25, 0.3) is 11.7 Å². The van der Waals surface area contributed by atoms with E-state index < -0.39 is 23.3 Å². The quantitative estimate of drug-likeness (QED) is 0.544. The van der Waals surface area contributed by atoms with Gasteiger partial charge in [0.1, 0.15) is 5.69 Å². The fourth-order valence-corrected chi connectivity index (χ4v) is 2.68. The third-order valence-electron chi connectivity index (χ3n) is 3.30. The molecule has 0 N–H and O–H groups in total. The van der Waals surface area contributed by atoms with Gasteiger partial charge in [-0.1, -0.05) is 27.2 Å². The van der Waals surface area contributed by atoms with Crippen molar-refractivity contribution in [1.82, 2.24) is 4.98 Å². The lowest BCUT2D eigenvalue weighted by Gasteiger charge is -2.19. The Kier molecular flexibility index (Phi) is 7.06. The normalized spacial score (nSPS) is 11.2. The average Bonchev–Trinajstić information content (AvgIpc) is 2.45. The average molecular weight is 348 g/mol. The molecule has 0 aliphatic rings. The minimum atomic E-state index is -2.95. The maximum atomic E-state index is 13.4. The number of aryl methyl sites for hydroxylation is 1. The molecule has 0 amide bonds. The van der Waals surface area contributed by atoms with Crippen LogP contribution in [0.2, 0.25) is 0 Å². The Morgan fingerprint density at radius 1 is 1.26 bits per heavy atom. The van der Waals surface area contributed by atoms with Crippen LogP contribution >= 0.6 is 11.6 Å². The molecule has 1 aromatic heterocycles. The van der Waals surface area contributed by atoms with E-state index >= 15 is 0 Å². The lowest BCUT2D eigenvalue weighted by molar-refractivity contribution is 0.0585. The fourth-order valence-electron chi connectivity index (χ4n) is 2.46. The zero-order valence-corrected chi connectivity index (χ0v) is 14.3. The van der Waals surface area contributed by atoms with Crippen LogP contribution in [0.4, 0.5) is 8.78 Å². The van der Waals surface area contributed by atoms with Gasteiger partial charge in [-0.2, -0.15) is 0 Å². The summed E-state index contributed by atoms with van der Waals surface area (Å²) in [7, 11) is 1.10. The number of pyridine rings is 1. The topological polar surface area (TPSA) is 56.3 Å². The van der Waals surface area contributed by atoms with Gasteiger partial charge in [0.05, 0.1) is 23.9 Å². The summed E-state index contributed by atoms with van der Waals surface area (Å²) < 4.78 is 31.4. The number of hydrogen-bond acceptors (Lipinski definition) is 4. The molecule has 0 bridgehead atoms. The lowest BCUT2D eigenvalue weighted by atomic mass is 9.90. The summed E-state index contributed by atoms with van der Waals surface area (Å²) in [5, 5.41) is -0.803. The van der Waals surface area contributed by atoms with Gasteiger partial charge < -0.3 is 4.74 Å². The predicted octanol–water partition coefficient (Wildman–Crippen LogP) is 4.34. The number of halogens is 3. The number of alkyl halides is 2. The van der Waals surface area contributed by atoms with Crippen LogP contribution in [0.5, 0.6) is 0 Å². The summed E-state index contributed by atoms with van der Waals surface area (Å²) in [6.07, 6.45) is -1.78. The van der Waals surface area contributed by atoms with Gasteiger partial charge in [-0.3, -0.25) is 9.78 Å². The van der Waals surface area contributed by atoms with Crippen molar-refractivity contribution in [2.75, 3.05) is 7.11 Å². The highest BCUT2D eigenvalue weighted by Crippen LogP contribution is 2.31. The van der Waals surface area contributed by atoms with Gasteiger partial charge in [-0.05, 0) is 35.9 Å². The molecule has 0 radical (unpaired) electrons. The molecule has 0 unspecified atom stereocenters. The van der Waals surface area contributed by atoms with E-state index in [0.717, 1.165) is 7.11 Å². The van der Waals surface area contributed by atoms with E-state index in [0.29, 0.717) is 12.8 Å². The second kappa shape index (κ2) is 8.34. The summed E-state index contributed by atoms with van der Waals surface area (Å²) in [4.78, 5) is 27.8. The maximum Gasteiger partial charge on any atom is 0.340 e. The standard InChI is InChI=1S/C16H20ClF2NO3/c1-5-6-10-11(14(17)21)9(7-8(2)3)12(16(22)23-4)13(20-10)15(18)19/h8,15H,5-7H2,1-4H3. The third-order valence-corrected chi connectivity index (χ3v) is 3.48. The van der Waals surface area contributed by atoms with Crippen LogP contribution in [0.3, 0.4) is 0 Å². The van der Waals surface area contributed by atoms with Crippen molar-refractivity contribution in [2.45, 2.75) is 46.5 Å². The Morgan fingerprint density at radius 3 is 2.26 bits per heavy atom. The number of esters is 1. The van der Waals surface area contributed by atoms with Crippen molar-refractivity contribution in [3.8, 4) is 0 Å². The lowest BCUT2D eigenvalue weighted by Crippen LogP contribution is -2.20. The van der Waals surface area contributed by atoms with Crippen molar-refractivity contribution in [1.29, 1.82) is 0 Å². The molecule has 1 heterocycles. The number of hydrogen-bond donors (Lipinski definition) is 0. The van der Waals surface area contributed by atoms with Crippen LogP contribution in [0.15, 0.2) is 0 Å². The smallest absolute Gasteiger partial charge is 0.340 e. The Hall–Kier alpha value is -1.56. The highest BCUT2D eigenvalue weighted by Gasteiger charge is 2.31. The molecule has 128 valence electrons. The van der Waals surface area contributed by atoms with E-state index in [-0.39, 0.29) is 34.7 Å². The Morgan fingerprint density at radius 2 is 1.87 bits per heavy atom. The summed E-state index contributed by atoms with van der Waals surface area (Å²) >= 11 is 5.67. The summed E-state index contributed by atoms with van der Waals surface area (Å²) in [6, 6.07) is 0. The largest absolute Gasteiger partial charge is 0.465 e. The van der Waals surface area contributed by atoms with E-state index in [2.05, 4.69) is 9.72 Å². The highest BCUT2D eigenvalue weighted by molar-refractivity contribution is 6.68. The van der Waals surface area contributed by atoms with Crippen LogP contribution in [-0.4, -0.2) is 23.3 Å². The molecule has 0 aromatic carbocycles. The molecule has 1 aromatic rings. The monoisotopic (exact) mass is 347 g/mol. The van der Waals surface area contributed by atoms with E-state index in [4.69, 9.17) is 11.6 Å². The first kappa shape index (κ1) is 19.5. The van der Waals surface area contributed by atoms with Crippen molar-refractivity contribution < 1.29 is 23.1 Å². The number of rotatable bonds is 7. The summed E-state index contributed by atoms with van der Waals surface area (Å²) in [6.45, 7) is 5.54. The van der Waals surface area contributed by atoms with Gasteiger partial charge >= 0.3 is 5.97 Å². The third kappa shape index (κ3) is 4.47. The molecular weight excluding hydrogens is 328 g/mol. The molecule has 1 rings (SSSR count). The maximum absolute atomic E-state index is 13.4. The fraction of sp³-hybridized carbons (Fsp3) is 0.562. The van der Waals surface area contributed by atoms with Gasteiger partial charge in [0, 0.05) is 0 Å². The molecule has 0 spiro atoms. The molecule has 0 fully saturated rings. The first-order valence-corrected chi connectivity index (χ1v) is 7.74. The molecule has 0 atom stereocenters. The van der Waals surface area contributed by atoms with E-state index in [1.165, 1.54) is 0 Å². The second-order valence-corrected chi connectivity index (χ2v) is 5.93. The minimum Gasteiger partial charge on any atom is -0.465 e. The molecule has 7 heteroatoms. The van der Waals surface area contributed by atoms with Gasteiger partial charge in [-0.25, -0.2) is 13.6 Å². The first-order valence-electron chi connectivity index (χ1n) is 7.36. The number of carbonyl (C=O) groups excluding carboxylic acids is 2. The molecule has 0 saturated heterocycles. The van der Waals surface area contributed by atoms with E-state index in [9.17, 15) is 18.4 Å². The number of nitrogens with zero attached hydrogens (tertiary/aromatic N) is 1. The molecular formula is C16H20ClF2NO3.